The number of piperidine rings is 1. The molecule has 1 aliphatic rings. The Kier molecular flexibility index (Phi) is 4.68. The number of aromatic nitrogens is 3. The quantitative estimate of drug-likeness (QED) is 0.660. The van der Waals surface area contributed by atoms with Gasteiger partial charge >= 0.3 is 5.97 Å². The normalized spacial score (nSPS) is 15.8. The van der Waals surface area contributed by atoms with E-state index in [4.69, 9.17) is 9.72 Å². The Hall–Kier alpha value is -2.34. The van der Waals surface area contributed by atoms with Gasteiger partial charge in [-0.3, -0.25) is 4.40 Å². The highest BCUT2D eigenvalue weighted by molar-refractivity contribution is 5.93. The van der Waals surface area contributed by atoms with Gasteiger partial charge in [-0.05, 0) is 51.9 Å². The fourth-order valence-electron chi connectivity index (χ4n) is 4.00. The second-order valence-corrected chi connectivity index (χ2v) is 6.94. The lowest BCUT2D eigenvalue weighted by Gasteiger charge is -2.26. The summed E-state index contributed by atoms with van der Waals surface area (Å²) in [6, 6.07) is 8.19. The molecular formula is C20H26N4O2. The smallest absolute Gasteiger partial charge is 0.357 e. The maximum atomic E-state index is 12.5. The van der Waals surface area contributed by atoms with Crippen LogP contribution >= 0.6 is 0 Å². The van der Waals surface area contributed by atoms with Crippen LogP contribution in [0, 0.1) is 6.92 Å². The number of para-hydroxylation sites is 2. The monoisotopic (exact) mass is 354 g/mol. The number of nitrogens with zero attached hydrogens (tertiary/aromatic N) is 4. The predicted molar refractivity (Wildman–Crippen MR) is 102 cm³/mol. The van der Waals surface area contributed by atoms with Crippen LogP contribution in [-0.4, -0.2) is 51.1 Å². The second kappa shape index (κ2) is 7.11. The van der Waals surface area contributed by atoms with Gasteiger partial charge < -0.3 is 14.2 Å². The lowest BCUT2D eigenvalue weighted by atomic mass is 10.1. The molecule has 0 atom stereocenters. The molecule has 6 heteroatoms. The molecule has 1 fully saturated rings. The second-order valence-electron chi connectivity index (χ2n) is 6.94. The highest BCUT2D eigenvalue weighted by atomic mass is 16.5. The number of aryl methyl sites for hydroxylation is 1. The minimum absolute atomic E-state index is 0.309. The molecule has 6 nitrogen and oxygen atoms in total. The third-order valence-corrected chi connectivity index (χ3v) is 5.25. The molecule has 26 heavy (non-hydrogen) atoms. The van der Waals surface area contributed by atoms with Crippen LogP contribution in [0.3, 0.4) is 0 Å². The third kappa shape index (κ3) is 2.88. The molecule has 1 aliphatic heterocycles. The topological polar surface area (TPSA) is 51.8 Å². The first kappa shape index (κ1) is 17.1. The van der Waals surface area contributed by atoms with Crippen LogP contribution in [0.5, 0.6) is 0 Å². The third-order valence-electron chi connectivity index (χ3n) is 5.25. The number of likely N-dealkylation sites (tertiary alicyclic amines) is 1. The molecule has 138 valence electrons. The van der Waals surface area contributed by atoms with Crippen molar-refractivity contribution >= 4 is 22.8 Å². The number of hydrogen-bond acceptors (Lipinski definition) is 4. The lowest BCUT2D eigenvalue weighted by molar-refractivity contribution is 0.0518. The summed E-state index contributed by atoms with van der Waals surface area (Å²) in [4.78, 5) is 19.7. The molecule has 1 aromatic carbocycles. The number of fused-ring (bicyclic) bond motifs is 3. The van der Waals surface area contributed by atoms with E-state index in [2.05, 4.69) is 15.5 Å². The van der Waals surface area contributed by atoms with Crippen molar-refractivity contribution in [3.05, 3.63) is 35.7 Å². The summed E-state index contributed by atoms with van der Waals surface area (Å²) in [5.74, 6) is 0.514. The highest BCUT2D eigenvalue weighted by Crippen LogP contribution is 2.25. The minimum atomic E-state index is -0.309. The van der Waals surface area contributed by atoms with Crippen molar-refractivity contribution in [3.8, 4) is 0 Å². The van der Waals surface area contributed by atoms with E-state index in [9.17, 15) is 4.79 Å². The van der Waals surface area contributed by atoms with Gasteiger partial charge in [-0.25, -0.2) is 9.78 Å². The standard InChI is InChI=1S/C20H26N4O2/c1-3-26-19(25)18-15(2)21-20-23(14-13-22-11-7-4-8-12-22)16-9-5-6-10-17(16)24(18)20/h5-6,9-10H,3-4,7-8,11-14H2,1-2H3. The number of rotatable bonds is 5. The first-order valence-corrected chi connectivity index (χ1v) is 9.56. The Morgan fingerprint density at radius 2 is 1.85 bits per heavy atom. The molecule has 4 rings (SSSR count). The van der Waals surface area contributed by atoms with Crippen molar-refractivity contribution in [3.63, 3.8) is 0 Å². The average molecular weight is 354 g/mol. The van der Waals surface area contributed by atoms with E-state index in [0.717, 1.165) is 35.6 Å². The average Bonchev–Trinajstić information content (AvgIpc) is 3.14. The maximum absolute atomic E-state index is 12.5. The Morgan fingerprint density at radius 3 is 2.58 bits per heavy atom. The van der Waals surface area contributed by atoms with Gasteiger partial charge in [0, 0.05) is 13.1 Å². The summed E-state index contributed by atoms with van der Waals surface area (Å²) in [5.41, 5.74) is 3.37. The number of imidazole rings is 2. The molecule has 3 heterocycles. The molecule has 1 saturated heterocycles. The Morgan fingerprint density at radius 1 is 1.12 bits per heavy atom. The zero-order valence-corrected chi connectivity index (χ0v) is 15.6. The van der Waals surface area contributed by atoms with Gasteiger partial charge in [0.25, 0.3) is 0 Å². The van der Waals surface area contributed by atoms with Crippen LogP contribution in [0.2, 0.25) is 0 Å². The van der Waals surface area contributed by atoms with E-state index < -0.39 is 0 Å². The van der Waals surface area contributed by atoms with Gasteiger partial charge in [0.1, 0.15) is 0 Å². The predicted octanol–water partition coefficient (Wildman–Crippen LogP) is 3.26. The van der Waals surface area contributed by atoms with Crippen LogP contribution in [-0.2, 0) is 11.3 Å². The highest BCUT2D eigenvalue weighted by Gasteiger charge is 2.23. The number of carbonyl (C=O) groups is 1. The molecule has 0 N–H and O–H groups in total. The van der Waals surface area contributed by atoms with Crippen molar-refractivity contribution in [2.24, 2.45) is 0 Å². The van der Waals surface area contributed by atoms with E-state index in [0.29, 0.717) is 12.3 Å². The molecule has 0 unspecified atom stereocenters. The first-order valence-electron chi connectivity index (χ1n) is 9.56. The fraction of sp³-hybridized carbons (Fsp3) is 0.500. The van der Waals surface area contributed by atoms with Crippen LogP contribution in [0.4, 0.5) is 0 Å². The molecule has 0 radical (unpaired) electrons. The van der Waals surface area contributed by atoms with Gasteiger partial charge in [-0.15, -0.1) is 0 Å². The molecule has 2 aromatic heterocycles. The van der Waals surface area contributed by atoms with Gasteiger partial charge in [-0.2, -0.15) is 0 Å². The number of esters is 1. The van der Waals surface area contributed by atoms with E-state index in [1.807, 2.05) is 36.4 Å². The van der Waals surface area contributed by atoms with Crippen molar-refractivity contribution < 1.29 is 9.53 Å². The summed E-state index contributed by atoms with van der Waals surface area (Å²) < 4.78 is 9.46. The summed E-state index contributed by atoms with van der Waals surface area (Å²) in [6.45, 7) is 8.30. The van der Waals surface area contributed by atoms with Crippen LogP contribution in [0.1, 0.15) is 42.4 Å². The van der Waals surface area contributed by atoms with E-state index >= 15 is 0 Å². The lowest BCUT2D eigenvalue weighted by Crippen LogP contribution is -2.32. The van der Waals surface area contributed by atoms with Crippen LogP contribution in [0.15, 0.2) is 24.3 Å². The number of benzene rings is 1. The SMILES string of the molecule is CCOC(=O)c1c(C)nc2n(CCN3CCCCC3)c3ccccc3n12. The van der Waals surface area contributed by atoms with Crippen LogP contribution in [0.25, 0.3) is 16.8 Å². The van der Waals surface area contributed by atoms with Gasteiger partial charge in [0.05, 0.1) is 23.3 Å². The van der Waals surface area contributed by atoms with Crippen molar-refractivity contribution in [1.82, 2.24) is 18.9 Å². The van der Waals surface area contributed by atoms with Crippen LogP contribution < -0.4 is 0 Å². The van der Waals surface area contributed by atoms with Crippen molar-refractivity contribution in [1.29, 1.82) is 0 Å². The van der Waals surface area contributed by atoms with E-state index in [-0.39, 0.29) is 5.97 Å². The van der Waals surface area contributed by atoms with E-state index in [1.165, 1.54) is 32.4 Å². The zero-order valence-electron chi connectivity index (χ0n) is 15.6. The number of hydrogen-bond donors (Lipinski definition) is 0. The fourth-order valence-corrected chi connectivity index (χ4v) is 4.00. The van der Waals surface area contributed by atoms with Gasteiger partial charge in [-0.1, -0.05) is 18.6 Å². The van der Waals surface area contributed by atoms with Crippen molar-refractivity contribution in [2.45, 2.75) is 39.7 Å². The number of carbonyl (C=O) groups excluding carboxylic acids is 1. The molecule has 0 amide bonds. The molecule has 0 aliphatic carbocycles. The molecule has 3 aromatic rings. The molecule has 0 bridgehead atoms. The summed E-state index contributed by atoms with van der Waals surface area (Å²) in [5, 5.41) is 0. The summed E-state index contributed by atoms with van der Waals surface area (Å²) in [7, 11) is 0. The Labute approximate surface area is 153 Å². The summed E-state index contributed by atoms with van der Waals surface area (Å²) in [6.07, 6.45) is 3.92. The Balaban J connectivity index is 1.78. The molecule has 0 saturated carbocycles. The first-order chi connectivity index (χ1) is 12.7. The number of ether oxygens (including phenoxy) is 1. The van der Waals surface area contributed by atoms with Gasteiger partial charge in [0.2, 0.25) is 5.78 Å². The molecular weight excluding hydrogens is 328 g/mol. The Bertz CT molecular complexity index is 934. The minimum Gasteiger partial charge on any atom is -0.461 e. The van der Waals surface area contributed by atoms with Crippen molar-refractivity contribution in [2.75, 3.05) is 26.2 Å². The summed E-state index contributed by atoms with van der Waals surface area (Å²) >= 11 is 0. The van der Waals surface area contributed by atoms with E-state index in [1.54, 1.807) is 0 Å². The van der Waals surface area contributed by atoms with Gasteiger partial charge in [0.15, 0.2) is 5.69 Å². The zero-order chi connectivity index (χ0) is 18.1. The maximum Gasteiger partial charge on any atom is 0.357 e. The largest absolute Gasteiger partial charge is 0.461 e. The molecule has 0 spiro atoms.